The molecule has 0 saturated carbocycles. The molecular weight excluding hydrogens is 1350 g/mol. The molecule has 4 saturated heterocycles. The average Bonchev–Trinajstić information content (AvgIpc) is 1.06. The van der Waals surface area contributed by atoms with Crippen LogP contribution in [0.1, 0.15) is 26.2 Å². The molecule has 12 aromatic heterocycles. The lowest BCUT2D eigenvalue weighted by atomic mass is 9.90. The number of hydrogen-bond donors (Lipinski definition) is 8. The number of rotatable bonds is 18. The number of ether oxygens (including phenoxy) is 7. The second-order valence-electron chi connectivity index (χ2n) is 26.0. The Morgan fingerprint density at radius 2 is 0.837 bits per heavy atom. The van der Waals surface area contributed by atoms with Crippen molar-refractivity contribution in [1.29, 1.82) is 0 Å². The van der Waals surface area contributed by atoms with Crippen molar-refractivity contribution in [3.05, 3.63) is 171 Å². The first-order valence-electron chi connectivity index (χ1n) is 33.8. The fourth-order valence-corrected chi connectivity index (χ4v) is 13.8. The predicted octanol–water partition coefficient (Wildman–Crippen LogP) is 14.4. The molecule has 16 heterocycles. The van der Waals surface area contributed by atoms with Crippen molar-refractivity contribution in [2.75, 3.05) is 85.6 Å². The van der Waals surface area contributed by atoms with Crippen molar-refractivity contribution in [3.8, 4) is 23.0 Å². The lowest BCUT2D eigenvalue weighted by molar-refractivity contribution is -0.120. The molecule has 0 bridgehead atoms. The van der Waals surface area contributed by atoms with Gasteiger partial charge in [-0.25, -0.2) is 8.42 Å². The van der Waals surface area contributed by atoms with Gasteiger partial charge in [0.15, 0.2) is 56.1 Å². The molecule has 0 radical (unpaired) electrons. The summed E-state index contributed by atoms with van der Waals surface area (Å²) in [4.78, 5) is 17.4. The number of hydrogen-bond acceptors (Lipinski definition) is 25. The third-order valence-electron chi connectivity index (χ3n) is 18.1. The van der Waals surface area contributed by atoms with Gasteiger partial charge in [0.05, 0.1) is 108 Å². The summed E-state index contributed by atoms with van der Waals surface area (Å²) in [7, 11) is -2.91. The molecule has 29 nitrogen and oxygen atoms in total. The van der Waals surface area contributed by atoms with Crippen molar-refractivity contribution >= 4 is 144 Å². The number of furan rings is 4. The van der Waals surface area contributed by atoms with Crippen LogP contribution in [-0.4, -0.2) is 146 Å². The number of aromatic nitrogens is 12. The molecule has 0 spiro atoms. The van der Waals surface area contributed by atoms with Crippen LogP contribution in [0, 0.1) is 11.3 Å². The maximum Gasteiger partial charge on any atom is 0.178 e. The molecule has 1 unspecified atom stereocenters. The minimum absolute atomic E-state index is 0.0963. The average molecular weight is 1420 g/mol. The number of nitrogens with one attached hydrogen (secondary N) is 8. The van der Waals surface area contributed by atoms with E-state index in [2.05, 4.69) is 88.9 Å². The first-order chi connectivity index (χ1) is 51.0. The highest BCUT2D eigenvalue weighted by Crippen LogP contribution is 2.39. The molecule has 104 heavy (non-hydrogen) atoms. The van der Waals surface area contributed by atoms with E-state index in [0.717, 1.165) is 162 Å². The molecule has 1 atom stereocenters. The summed E-state index contributed by atoms with van der Waals surface area (Å²) in [6.45, 7) is 7.83. The standard InChI is InChI=1S/C19H18N4O4S.C19H18N4O3.2C18H16N4O3/c24-28(25)8-5-13(6-9-28)27-17-11-26-16-10-12(3-4-14(16)17)21-19-18-15(22-23-19)2-1-7-20-18;1-19(9-24-10-19)11-26-16-8-25-15-7-12(4-5-13(15)16)21-18-17-14(22-23-18)3-2-6-20-17;1-2-14-17(19-6-1)18(22-21-14)20-11-3-4-13-15(8-11)24-10-16(13)25-12-5-7-23-9-12;1-2-14-17(19-5-1)18(22-21-14)20-12-3-4-13-15(6-12)25-10-16(13)24-9-11-7-23-8-11/h1-4,7,10-11,13H,5-6,8-9H2,(H2,21,22,23);2-8H,9-11H2,1H3,(H2,21,22,23);1-4,6,8,10,12H,5,7,9H2,(H2,20,21,22);1-6,10-11H,7-9H2,(H2,20,21,22). The third kappa shape index (κ3) is 14.1. The van der Waals surface area contributed by atoms with Crippen molar-refractivity contribution in [1.82, 2.24) is 60.7 Å². The predicted molar refractivity (Wildman–Crippen MR) is 390 cm³/mol. The van der Waals surface area contributed by atoms with Crippen LogP contribution in [0.15, 0.2) is 189 Å². The van der Waals surface area contributed by atoms with Crippen molar-refractivity contribution in [2.24, 2.45) is 11.3 Å². The van der Waals surface area contributed by atoms with E-state index in [-0.39, 0.29) is 29.1 Å². The Morgan fingerprint density at radius 3 is 1.20 bits per heavy atom. The Hall–Kier alpha value is -12.3. The number of benzene rings is 4. The van der Waals surface area contributed by atoms with Gasteiger partial charge in [-0.15, -0.1) is 0 Å². The van der Waals surface area contributed by atoms with Gasteiger partial charge < -0.3 is 72.1 Å². The molecule has 4 aliphatic heterocycles. The summed E-state index contributed by atoms with van der Waals surface area (Å²) in [5, 5.41) is 45.7. The maximum absolute atomic E-state index is 11.6. The summed E-state index contributed by atoms with van der Waals surface area (Å²) >= 11 is 0. The summed E-state index contributed by atoms with van der Waals surface area (Å²) in [5.41, 5.74) is 13.2. The van der Waals surface area contributed by atoms with Crippen LogP contribution in [0.25, 0.3) is 88.0 Å². The van der Waals surface area contributed by atoms with Gasteiger partial charge >= 0.3 is 0 Å². The normalized spacial score (nSPS) is 16.3. The number of H-pyrrole nitrogens is 4. The second kappa shape index (κ2) is 28.3. The summed E-state index contributed by atoms with van der Waals surface area (Å²) in [6.07, 6.45) is 15.4. The Kier molecular flexibility index (Phi) is 17.7. The Labute approximate surface area is 590 Å². The quantitative estimate of drug-likeness (QED) is 0.0395. The number of pyridine rings is 4. The highest BCUT2D eigenvalue weighted by molar-refractivity contribution is 7.91. The van der Waals surface area contributed by atoms with Crippen LogP contribution >= 0.6 is 0 Å². The van der Waals surface area contributed by atoms with Crippen LogP contribution in [0.4, 0.5) is 46.0 Å². The first-order valence-corrected chi connectivity index (χ1v) is 35.7. The van der Waals surface area contributed by atoms with Crippen LogP contribution in [0.2, 0.25) is 0 Å². The zero-order valence-corrected chi connectivity index (χ0v) is 56.7. The van der Waals surface area contributed by atoms with E-state index in [0.29, 0.717) is 73.2 Å². The van der Waals surface area contributed by atoms with E-state index in [1.54, 1.807) is 49.8 Å². The fraction of sp³-hybridized carbons (Fsp3) is 0.243. The number of fused-ring (bicyclic) bond motifs is 8. The topological polar surface area (TPSA) is 366 Å². The van der Waals surface area contributed by atoms with Crippen LogP contribution in [-0.2, 0) is 24.0 Å². The van der Waals surface area contributed by atoms with E-state index in [9.17, 15) is 8.42 Å². The van der Waals surface area contributed by atoms with Gasteiger partial charge in [0.1, 0.15) is 81.7 Å². The largest absolute Gasteiger partial charge is 0.489 e. The minimum atomic E-state index is -2.91. The molecule has 528 valence electrons. The number of nitrogens with zero attached hydrogens (tertiary/aromatic N) is 8. The SMILES string of the molecule is CC1(COc2coc3cc(Nc4n[nH]c5cccnc45)ccc23)COC1.O=S1(=O)CCC(Oc2coc3cc(Nc4n[nH]c5cccnc45)ccc23)CC1.c1cnc2c(Nc3ccc4c(OC5CCOC5)coc4c3)n[nH]c2c1.c1cnc2c(Nc3ccc4c(OCC5COC5)coc4c3)n[nH]c2c1. The van der Waals surface area contributed by atoms with Gasteiger partial charge in [-0.05, 0) is 110 Å². The van der Waals surface area contributed by atoms with Gasteiger partial charge in [-0.3, -0.25) is 40.3 Å². The maximum atomic E-state index is 11.6. The van der Waals surface area contributed by atoms with E-state index in [4.69, 9.17) is 50.8 Å². The Balaban J connectivity index is 0.000000103. The van der Waals surface area contributed by atoms with Crippen molar-refractivity contribution in [2.45, 2.75) is 38.4 Å². The molecule has 20 rings (SSSR count). The fourth-order valence-electron chi connectivity index (χ4n) is 12.4. The lowest BCUT2D eigenvalue weighted by Gasteiger charge is -2.37. The molecule has 4 fully saturated rings. The van der Waals surface area contributed by atoms with Gasteiger partial charge in [0, 0.05) is 89.6 Å². The van der Waals surface area contributed by atoms with Crippen LogP contribution < -0.4 is 40.2 Å². The second-order valence-corrected chi connectivity index (χ2v) is 28.3. The Morgan fingerprint density at radius 1 is 0.452 bits per heavy atom. The van der Waals surface area contributed by atoms with Gasteiger partial charge in [-0.2, -0.15) is 20.4 Å². The van der Waals surface area contributed by atoms with Gasteiger partial charge in [-0.1, -0.05) is 6.92 Å². The minimum Gasteiger partial charge on any atom is -0.489 e. The van der Waals surface area contributed by atoms with E-state index >= 15 is 0 Å². The van der Waals surface area contributed by atoms with Crippen molar-refractivity contribution in [3.63, 3.8) is 0 Å². The highest BCUT2D eigenvalue weighted by atomic mass is 32.2. The monoisotopic (exact) mass is 1420 g/mol. The lowest BCUT2D eigenvalue weighted by Crippen LogP contribution is -2.44. The van der Waals surface area contributed by atoms with Crippen molar-refractivity contribution < 1.29 is 59.2 Å². The number of anilines is 8. The molecule has 16 aromatic rings. The number of aromatic amines is 4. The Bertz CT molecular complexity index is 5810. The first kappa shape index (κ1) is 65.1. The molecule has 8 N–H and O–H groups in total. The molecule has 30 heteroatoms. The zero-order valence-electron chi connectivity index (χ0n) is 55.9. The molecule has 4 aromatic carbocycles. The zero-order chi connectivity index (χ0) is 70.0. The summed E-state index contributed by atoms with van der Waals surface area (Å²) < 4.78 is 85.3. The van der Waals surface area contributed by atoms with E-state index < -0.39 is 9.84 Å². The highest BCUT2D eigenvalue weighted by Gasteiger charge is 2.35. The molecular formula is C74H68N16O13S. The van der Waals surface area contributed by atoms with E-state index in [1.807, 2.05) is 121 Å². The number of sulfone groups is 1. The molecule has 0 aliphatic carbocycles. The smallest absolute Gasteiger partial charge is 0.178 e. The molecule has 0 amide bonds. The summed E-state index contributed by atoms with van der Waals surface area (Å²) in [5.74, 6) is 6.42. The van der Waals surface area contributed by atoms with Gasteiger partial charge in [0.2, 0.25) is 0 Å². The van der Waals surface area contributed by atoms with Crippen LogP contribution in [0.5, 0.6) is 23.0 Å². The third-order valence-corrected chi connectivity index (χ3v) is 19.8. The van der Waals surface area contributed by atoms with E-state index in [1.165, 1.54) is 0 Å². The summed E-state index contributed by atoms with van der Waals surface area (Å²) in [6, 6.07) is 38.5. The molecule has 4 aliphatic rings. The van der Waals surface area contributed by atoms with Gasteiger partial charge in [0.25, 0.3) is 0 Å². The van der Waals surface area contributed by atoms with Crippen LogP contribution in [0.3, 0.4) is 0 Å².